The summed E-state index contributed by atoms with van der Waals surface area (Å²) in [6.45, 7) is 4.00. The van der Waals surface area contributed by atoms with Gasteiger partial charge in [-0.1, -0.05) is 50.1 Å². The smallest absolute Gasteiger partial charge is 0.188 e. The maximum atomic E-state index is 5.96. The Hall–Kier alpha value is -0.780. The highest BCUT2D eigenvalue weighted by Crippen LogP contribution is 2.44. The minimum Gasteiger partial charge on any atom is -0.370 e. The summed E-state index contributed by atoms with van der Waals surface area (Å²) in [6, 6.07) is 10.5. The zero-order valence-corrected chi connectivity index (χ0v) is 15.3. The van der Waals surface area contributed by atoms with Gasteiger partial charge in [0.1, 0.15) is 0 Å². The molecule has 1 aliphatic carbocycles. The number of benzene rings is 1. The van der Waals surface area contributed by atoms with E-state index >= 15 is 0 Å². The molecule has 0 saturated heterocycles. The summed E-state index contributed by atoms with van der Waals surface area (Å²) in [5.41, 5.74) is 7.75. The van der Waals surface area contributed by atoms with Crippen molar-refractivity contribution in [1.29, 1.82) is 0 Å². The van der Waals surface area contributed by atoms with Crippen molar-refractivity contribution in [1.82, 2.24) is 5.32 Å². The molecule has 1 aromatic carbocycles. The molecule has 0 heterocycles. The van der Waals surface area contributed by atoms with Crippen molar-refractivity contribution in [2.75, 3.05) is 13.1 Å². The Balaban J connectivity index is 0.00000220. The number of aliphatic imine (C=N–C) groups is 1. The van der Waals surface area contributed by atoms with Crippen LogP contribution in [0.1, 0.15) is 44.6 Å². The molecule has 4 heteroatoms. The Morgan fingerprint density at radius 2 is 2.00 bits per heavy atom. The second kappa shape index (κ2) is 9.28. The fraction of sp³-hybridized carbons (Fsp3) is 0.588. The molecule has 0 spiro atoms. The van der Waals surface area contributed by atoms with E-state index in [0.717, 1.165) is 19.5 Å². The van der Waals surface area contributed by atoms with Gasteiger partial charge in [0, 0.05) is 13.1 Å². The average Bonchev–Trinajstić information content (AvgIpc) is 2.43. The van der Waals surface area contributed by atoms with Gasteiger partial charge in [-0.3, -0.25) is 4.99 Å². The van der Waals surface area contributed by atoms with Gasteiger partial charge < -0.3 is 11.1 Å². The molecule has 0 aliphatic heterocycles. The molecule has 21 heavy (non-hydrogen) atoms. The van der Waals surface area contributed by atoms with Crippen molar-refractivity contribution in [3.8, 4) is 0 Å². The van der Waals surface area contributed by atoms with E-state index in [0.29, 0.717) is 11.4 Å². The number of guanidine groups is 1. The highest BCUT2D eigenvalue weighted by molar-refractivity contribution is 14.0. The summed E-state index contributed by atoms with van der Waals surface area (Å²) in [5.74, 6) is 0.600. The molecule has 1 aliphatic rings. The maximum absolute atomic E-state index is 5.96. The van der Waals surface area contributed by atoms with Gasteiger partial charge in [0.2, 0.25) is 0 Å². The summed E-state index contributed by atoms with van der Waals surface area (Å²) >= 11 is 0. The van der Waals surface area contributed by atoms with Gasteiger partial charge >= 0.3 is 0 Å². The van der Waals surface area contributed by atoms with Crippen molar-refractivity contribution < 1.29 is 0 Å². The molecule has 0 aromatic heterocycles. The number of hydrogen-bond acceptors (Lipinski definition) is 1. The van der Waals surface area contributed by atoms with Gasteiger partial charge in [-0.05, 0) is 36.7 Å². The lowest BCUT2D eigenvalue weighted by molar-refractivity contribution is 0.130. The van der Waals surface area contributed by atoms with Gasteiger partial charge in [-0.2, -0.15) is 0 Å². The third-order valence-electron chi connectivity index (χ3n) is 4.34. The second-order valence-electron chi connectivity index (χ2n) is 5.97. The highest BCUT2D eigenvalue weighted by atomic mass is 127. The number of nitrogens with one attached hydrogen (secondary N) is 1. The highest BCUT2D eigenvalue weighted by Gasteiger charge is 2.35. The lowest BCUT2D eigenvalue weighted by atomic mass is 9.66. The Kier molecular flexibility index (Phi) is 8.07. The molecular formula is C17H28IN3. The van der Waals surface area contributed by atoms with E-state index in [4.69, 9.17) is 5.73 Å². The van der Waals surface area contributed by atoms with Gasteiger partial charge in [0.05, 0.1) is 0 Å². The predicted octanol–water partition coefficient (Wildman–Crippen LogP) is 3.72. The van der Waals surface area contributed by atoms with Crippen LogP contribution in [-0.4, -0.2) is 19.0 Å². The van der Waals surface area contributed by atoms with Crippen LogP contribution >= 0.6 is 24.0 Å². The fourth-order valence-electron chi connectivity index (χ4n) is 2.98. The summed E-state index contributed by atoms with van der Waals surface area (Å²) in [6.07, 6.45) is 7.52. The summed E-state index contributed by atoms with van der Waals surface area (Å²) < 4.78 is 0. The number of rotatable bonds is 7. The maximum Gasteiger partial charge on any atom is 0.188 e. The Labute approximate surface area is 145 Å². The van der Waals surface area contributed by atoms with Crippen molar-refractivity contribution in [2.45, 2.75) is 45.4 Å². The van der Waals surface area contributed by atoms with Crippen LogP contribution in [0, 0.1) is 5.41 Å². The van der Waals surface area contributed by atoms with Crippen LogP contribution in [0.5, 0.6) is 0 Å². The molecule has 0 atom stereocenters. The van der Waals surface area contributed by atoms with E-state index in [9.17, 15) is 0 Å². The van der Waals surface area contributed by atoms with E-state index < -0.39 is 0 Å². The van der Waals surface area contributed by atoms with E-state index in [-0.39, 0.29) is 24.0 Å². The minimum absolute atomic E-state index is 0. The predicted molar refractivity (Wildman–Crippen MR) is 101 cm³/mol. The van der Waals surface area contributed by atoms with Crippen LogP contribution in [0.4, 0.5) is 0 Å². The fourth-order valence-corrected chi connectivity index (χ4v) is 2.98. The number of hydrogen-bond donors (Lipinski definition) is 2. The summed E-state index contributed by atoms with van der Waals surface area (Å²) in [5, 5.41) is 3.22. The van der Waals surface area contributed by atoms with Crippen LogP contribution in [0.3, 0.4) is 0 Å². The SMILES string of the molecule is CCCC1(CN=C(N)NCCc2ccccc2)CCC1.I. The first-order valence-corrected chi connectivity index (χ1v) is 7.82. The van der Waals surface area contributed by atoms with Gasteiger partial charge in [0.25, 0.3) is 0 Å². The lowest BCUT2D eigenvalue weighted by Crippen LogP contribution is -2.37. The first-order valence-electron chi connectivity index (χ1n) is 7.82. The lowest BCUT2D eigenvalue weighted by Gasteiger charge is -2.40. The standard InChI is InChI=1S/C17H27N3.HI/c1-2-10-17(11-6-12-17)14-20-16(18)19-13-9-15-7-4-3-5-8-15;/h3-5,7-8H,2,6,9-14H2,1H3,(H3,18,19,20);1H. The Morgan fingerprint density at radius 3 is 2.57 bits per heavy atom. The van der Waals surface area contributed by atoms with Gasteiger partial charge in [-0.25, -0.2) is 0 Å². The quantitative estimate of drug-likeness (QED) is 0.416. The van der Waals surface area contributed by atoms with Crippen LogP contribution in [-0.2, 0) is 6.42 Å². The Morgan fingerprint density at radius 1 is 1.29 bits per heavy atom. The summed E-state index contributed by atoms with van der Waals surface area (Å²) in [4.78, 5) is 4.55. The largest absolute Gasteiger partial charge is 0.370 e. The normalized spacial score (nSPS) is 16.7. The van der Waals surface area contributed by atoms with E-state index in [1.54, 1.807) is 0 Å². The molecule has 0 bridgehead atoms. The average molecular weight is 401 g/mol. The third-order valence-corrected chi connectivity index (χ3v) is 4.34. The van der Waals surface area contributed by atoms with Crippen molar-refractivity contribution in [2.24, 2.45) is 16.1 Å². The molecule has 1 fully saturated rings. The molecule has 0 amide bonds. The Bertz CT molecular complexity index is 427. The second-order valence-corrected chi connectivity index (χ2v) is 5.97. The molecule has 2 rings (SSSR count). The first-order chi connectivity index (χ1) is 9.74. The molecule has 3 N–H and O–H groups in total. The van der Waals surface area contributed by atoms with Crippen LogP contribution in [0.2, 0.25) is 0 Å². The third kappa shape index (κ3) is 5.85. The molecular weight excluding hydrogens is 373 g/mol. The van der Waals surface area contributed by atoms with Crippen LogP contribution in [0.15, 0.2) is 35.3 Å². The monoisotopic (exact) mass is 401 g/mol. The van der Waals surface area contributed by atoms with Crippen molar-refractivity contribution >= 4 is 29.9 Å². The topological polar surface area (TPSA) is 50.4 Å². The van der Waals surface area contributed by atoms with Crippen molar-refractivity contribution in [3.63, 3.8) is 0 Å². The summed E-state index contributed by atoms with van der Waals surface area (Å²) in [7, 11) is 0. The zero-order valence-electron chi connectivity index (χ0n) is 13.0. The van der Waals surface area contributed by atoms with Crippen LogP contribution < -0.4 is 11.1 Å². The van der Waals surface area contributed by atoms with Crippen LogP contribution in [0.25, 0.3) is 0 Å². The zero-order chi connectivity index (χ0) is 14.3. The van der Waals surface area contributed by atoms with E-state index in [2.05, 4.69) is 41.5 Å². The molecule has 1 aromatic rings. The minimum atomic E-state index is 0. The molecule has 0 radical (unpaired) electrons. The molecule has 118 valence electrons. The molecule has 0 unspecified atom stereocenters. The molecule has 1 saturated carbocycles. The first kappa shape index (κ1) is 18.3. The number of nitrogens with zero attached hydrogens (tertiary/aromatic N) is 1. The van der Waals surface area contributed by atoms with E-state index in [1.165, 1.54) is 37.7 Å². The number of halogens is 1. The molecule has 3 nitrogen and oxygen atoms in total. The number of nitrogens with two attached hydrogens (primary N) is 1. The van der Waals surface area contributed by atoms with E-state index in [1.807, 2.05) is 6.07 Å². The van der Waals surface area contributed by atoms with Gasteiger partial charge in [-0.15, -0.1) is 24.0 Å². The van der Waals surface area contributed by atoms with Gasteiger partial charge in [0.15, 0.2) is 5.96 Å². The van der Waals surface area contributed by atoms with Crippen molar-refractivity contribution in [3.05, 3.63) is 35.9 Å².